The van der Waals surface area contributed by atoms with Crippen LogP contribution in [0, 0.1) is 6.92 Å². The van der Waals surface area contributed by atoms with E-state index in [1.54, 1.807) is 18.4 Å². The molecule has 1 aromatic heterocycles. The third-order valence-electron chi connectivity index (χ3n) is 3.44. The van der Waals surface area contributed by atoms with E-state index in [1.807, 2.05) is 31.2 Å². The van der Waals surface area contributed by atoms with E-state index < -0.39 is 10.0 Å². The summed E-state index contributed by atoms with van der Waals surface area (Å²) in [7, 11) is -3.43. The summed E-state index contributed by atoms with van der Waals surface area (Å²) in [6.45, 7) is 1.98. The van der Waals surface area contributed by atoms with E-state index in [1.165, 1.54) is 10.7 Å². The molecule has 21 heavy (non-hydrogen) atoms. The van der Waals surface area contributed by atoms with Crippen molar-refractivity contribution in [2.24, 2.45) is 5.10 Å². The van der Waals surface area contributed by atoms with Crippen molar-refractivity contribution in [1.29, 1.82) is 0 Å². The van der Waals surface area contributed by atoms with E-state index in [0.29, 0.717) is 17.9 Å². The lowest BCUT2D eigenvalue weighted by Crippen LogP contribution is -2.25. The lowest BCUT2D eigenvalue weighted by Gasteiger charge is -2.21. The first-order chi connectivity index (χ1) is 9.95. The molecular weight excluding hydrogens is 288 g/mol. The summed E-state index contributed by atoms with van der Waals surface area (Å²) in [5, 5.41) is 4.26. The molecule has 0 bridgehead atoms. The minimum Gasteiger partial charge on any atom is -0.463 e. The van der Waals surface area contributed by atoms with Gasteiger partial charge >= 0.3 is 0 Å². The van der Waals surface area contributed by atoms with Gasteiger partial charge in [-0.2, -0.15) is 9.52 Å². The molecule has 3 rings (SSSR count). The number of aryl methyl sites for hydroxylation is 1. The molecule has 1 aliphatic rings. The molecule has 1 aliphatic heterocycles. The van der Waals surface area contributed by atoms with Crippen LogP contribution in [0.1, 0.15) is 29.3 Å². The van der Waals surface area contributed by atoms with Crippen molar-refractivity contribution in [3.63, 3.8) is 0 Å². The van der Waals surface area contributed by atoms with Crippen LogP contribution in [0.25, 0.3) is 0 Å². The molecule has 5 nitrogen and oxygen atoms in total. The van der Waals surface area contributed by atoms with Gasteiger partial charge in [0.2, 0.25) is 10.0 Å². The third-order valence-corrected chi connectivity index (χ3v) is 4.46. The first kappa shape index (κ1) is 13.9. The lowest BCUT2D eigenvalue weighted by molar-refractivity contribution is 0.374. The van der Waals surface area contributed by atoms with Gasteiger partial charge in [0.15, 0.2) is 0 Å². The van der Waals surface area contributed by atoms with E-state index >= 15 is 0 Å². The molecule has 0 N–H and O–H groups in total. The summed E-state index contributed by atoms with van der Waals surface area (Å²) in [6, 6.07) is 11.1. The first-order valence-corrected chi connectivity index (χ1v) is 8.47. The summed E-state index contributed by atoms with van der Waals surface area (Å²) >= 11 is 0. The van der Waals surface area contributed by atoms with Crippen LogP contribution in [-0.2, 0) is 10.0 Å². The number of nitrogens with zero attached hydrogens (tertiary/aromatic N) is 2. The molecule has 1 atom stereocenters. The maximum Gasteiger partial charge on any atom is 0.247 e. The van der Waals surface area contributed by atoms with Crippen molar-refractivity contribution in [3.8, 4) is 0 Å². The van der Waals surface area contributed by atoms with Gasteiger partial charge in [-0.3, -0.25) is 0 Å². The molecule has 110 valence electrons. The second-order valence-electron chi connectivity index (χ2n) is 5.19. The smallest absolute Gasteiger partial charge is 0.247 e. The van der Waals surface area contributed by atoms with E-state index in [0.717, 1.165) is 11.1 Å². The molecule has 0 radical (unpaired) electrons. The molecule has 6 heteroatoms. The van der Waals surface area contributed by atoms with Crippen molar-refractivity contribution in [2.45, 2.75) is 19.4 Å². The number of hydrogen-bond acceptors (Lipinski definition) is 4. The Balaban J connectivity index is 2.02. The molecule has 0 unspecified atom stereocenters. The largest absolute Gasteiger partial charge is 0.463 e. The predicted molar refractivity (Wildman–Crippen MR) is 80.5 cm³/mol. The topological polar surface area (TPSA) is 62.9 Å². The van der Waals surface area contributed by atoms with Crippen molar-refractivity contribution in [3.05, 3.63) is 59.5 Å². The van der Waals surface area contributed by atoms with E-state index in [4.69, 9.17) is 4.42 Å². The number of hydrogen-bond donors (Lipinski definition) is 0. The summed E-state index contributed by atoms with van der Waals surface area (Å²) in [5.41, 5.74) is 2.68. The molecule has 0 saturated carbocycles. The maximum absolute atomic E-state index is 12.0. The Hall–Kier alpha value is -2.08. The number of furan rings is 1. The van der Waals surface area contributed by atoms with Crippen LogP contribution in [0.2, 0.25) is 0 Å². The number of rotatable bonds is 3. The maximum atomic E-state index is 12.0. The second kappa shape index (κ2) is 5.04. The standard InChI is InChI=1S/C15H16N2O3S/c1-11-5-3-6-12(9-11)14-10-13(15-7-4-8-20-15)16-17(14)21(2,18)19/h3-9,14H,10H2,1-2H3/t14-/m1/s1. The molecule has 0 saturated heterocycles. The van der Waals surface area contributed by atoms with Gasteiger partial charge in [-0.25, -0.2) is 8.42 Å². The quantitative estimate of drug-likeness (QED) is 0.876. The predicted octanol–water partition coefficient (Wildman–Crippen LogP) is 2.70. The minimum absolute atomic E-state index is 0.319. The highest BCUT2D eigenvalue weighted by molar-refractivity contribution is 7.88. The number of sulfonamides is 1. The third kappa shape index (κ3) is 2.71. The monoisotopic (exact) mass is 304 g/mol. The van der Waals surface area contributed by atoms with Gasteiger partial charge in [0.05, 0.1) is 18.6 Å². The molecule has 0 fully saturated rings. The SMILES string of the molecule is Cc1cccc([C@H]2CC(c3ccco3)=NN2S(C)(=O)=O)c1. The van der Waals surface area contributed by atoms with Crippen molar-refractivity contribution in [1.82, 2.24) is 4.41 Å². The Morgan fingerprint density at radius 1 is 1.29 bits per heavy atom. The number of hydrazone groups is 1. The number of benzene rings is 1. The highest BCUT2D eigenvalue weighted by Crippen LogP contribution is 2.34. The van der Waals surface area contributed by atoms with Gasteiger partial charge in [0.1, 0.15) is 11.5 Å². The summed E-state index contributed by atoms with van der Waals surface area (Å²) in [6.07, 6.45) is 3.23. The zero-order chi connectivity index (χ0) is 15.0. The lowest BCUT2D eigenvalue weighted by atomic mass is 10.0. The zero-order valence-corrected chi connectivity index (χ0v) is 12.7. The van der Waals surface area contributed by atoms with Gasteiger partial charge in [-0.15, -0.1) is 0 Å². The fourth-order valence-electron chi connectivity index (χ4n) is 2.51. The van der Waals surface area contributed by atoms with Gasteiger partial charge < -0.3 is 4.42 Å². The van der Waals surface area contributed by atoms with E-state index in [-0.39, 0.29) is 6.04 Å². The molecular formula is C15H16N2O3S. The van der Waals surface area contributed by atoms with Gasteiger partial charge in [-0.05, 0) is 24.6 Å². The van der Waals surface area contributed by atoms with Gasteiger partial charge in [-0.1, -0.05) is 29.8 Å². The Kier molecular flexibility index (Phi) is 3.33. The van der Waals surface area contributed by atoms with E-state index in [9.17, 15) is 8.42 Å². The fourth-order valence-corrected chi connectivity index (χ4v) is 3.42. The average Bonchev–Trinajstić information content (AvgIpc) is 3.07. The highest BCUT2D eigenvalue weighted by atomic mass is 32.2. The van der Waals surface area contributed by atoms with Crippen LogP contribution in [0.4, 0.5) is 0 Å². The molecule has 0 amide bonds. The second-order valence-corrected chi connectivity index (χ2v) is 7.03. The summed E-state index contributed by atoms with van der Waals surface area (Å²) in [5.74, 6) is 0.610. The Bertz CT molecular complexity index is 779. The van der Waals surface area contributed by atoms with Crippen LogP contribution in [0.3, 0.4) is 0 Å². The summed E-state index contributed by atoms with van der Waals surface area (Å²) in [4.78, 5) is 0. The Morgan fingerprint density at radius 3 is 2.71 bits per heavy atom. The van der Waals surface area contributed by atoms with Crippen molar-refractivity contribution < 1.29 is 12.8 Å². The van der Waals surface area contributed by atoms with Gasteiger partial charge in [0, 0.05) is 6.42 Å². The molecule has 2 aromatic rings. The fraction of sp³-hybridized carbons (Fsp3) is 0.267. The molecule has 1 aromatic carbocycles. The van der Waals surface area contributed by atoms with Crippen molar-refractivity contribution in [2.75, 3.05) is 6.26 Å². The average molecular weight is 304 g/mol. The molecule has 2 heterocycles. The van der Waals surface area contributed by atoms with Crippen LogP contribution in [-0.4, -0.2) is 24.8 Å². The Morgan fingerprint density at radius 2 is 2.10 bits per heavy atom. The normalized spacial score (nSPS) is 18.9. The highest BCUT2D eigenvalue weighted by Gasteiger charge is 2.35. The Labute approximate surface area is 123 Å². The van der Waals surface area contributed by atoms with Gasteiger partial charge in [0.25, 0.3) is 0 Å². The molecule has 0 spiro atoms. The van der Waals surface area contributed by atoms with Crippen LogP contribution < -0.4 is 0 Å². The minimum atomic E-state index is -3.43. The zero-order valence-electron chi connectivity index (χ0n) is 11.9. The first-order valence-electron chi connectivity index (χ1n) is 6.62. The van der Waals surface area contributed by atoms with Crippen molar-refractivity contribution >= 4 is 15.7 Å². The molecule has 0 aliphatic carbocycles. The summed E-state index contributed by atoms with van der Waals surface area (Å²) < 4.78 is 30.5. The van der Waals surface area contributed by atoms with Crippen LogP contribution in [0.15, 0.2) is 52.2 Å². The van der Waals surface area contributed by atoms with Crippen LogP contribution >= 0.6 is 0 Å². The van der Waals surface area contributed by atoms with E-state index in [2.05, 4.69) is 5.10 Å². The van der Waals surface area contributed by atoms with Crippen LogP contribution in [0.5, 0.6) is 0 Å².